The minimum Gasteiger partial charge on any atom is -0.489 e. The lowest BCUT2D eigenvalue weighted by molar-refractivity contribution is -0.384. The van der Waals surface area contributed by atoms with Crippen LogP contribution in [0.1, 0.15) is 12.8 Å². The third kappa shape index (κ3) is 4.64. The minimum atomic E-state index is -1.10. The van der Waals surface area contributed by atoms with Gasteiger partial charge in [0.15, 0.2) is 5.82 Å². The molecule has 1 atom stereocenters. The van der Waals surface area contributed by atoms with Crippen molar-refractivity contribution in [3.63, 3.8) is 0 Å². The van der Waals surface area contributed by atoms with Crippen LogP contribution in [0.3, 0.4) is 0 Å². The maximum Gasteiger partial charge on any atom is 0.294 e. The average molecular weight is 479 g/mol. The highest BCUT2D eigenvalue weighted by Crippen LogP contribution is 2.28. The molecule has 2 heterocycles. The third-order valence-corrected chi connectivity index (χ3v) is 5.79. The monoisotopic (exact) mass is 478 g/mol. The number of aliphatic hydroxyl groups excluding tert-OH is 1. The molecule has 32 heavy (non-hydrogen) atoms. The highest BCUT2D eigenvalue weighted by molar-refractivity contribution is 6.34. The molecule has 4 rings (SSSR count). The Morgan fingerprint density at radius 1 is 1.19 bits per heavy atom. The Balaban J connectivity index is 1.67. The summed E-state index contributed by atoms with van der Waals surface area (Å²) >= 11 is 12.0. The summed E-state index contributed by atoms with van der Waals surface area (Å²) in [7, 11) is 0. The van der Waals surface area contributed by atoms with Gasteiger partial charge in [0.25, 0.3) is 11.2 Å². The summed E-state index contributed by atoms with van der Waals surface area (Å²) in [4.78, 5) is 30.3. The van der Waals surface area contributed by atoms with Gasteiger partial charge in [-0.05, 0) is 31.0 Å². The van der Waals surface area contributed by atoms with Crippen molar-refractivity contribution in [3.05, 3.63) is 66.9 Å². The standard InChI is InChI=1S/C21H20Cl2N4O5/c22-13-3-5-16(23)19(9-13)32-12-15(28)11-26-18-10-14(27(30)31)4-6-17(18)24-20(21(26)29)25-7-1-2-8-25/h3-6,9-10,15,28H,1-2,7-8,11-12H2/t15-/m0/s1. The van der Waals surface area contributed by atoms with Crippen LogP contribution in [0.4, 0.5) is 11.5 Å². The molecule has 11 heteroatoms. The van der Waals surface area contributed by atoms with E-state index in [1.807, 2.05) is 4.90 Å². The predicted octanol–water partition coefficient (Wildman–Crippen LogP) is 3.65. The first-order chi connectivity index (χ1) is 15.3. The number of non-ortho nitro benzene ring substituents is 1. The quantitative estimate of drug-likeness (QED) is 0.407. The van der Waals surface area contributed by atoms with Gasteiger partial charge in [-0.3, -0.25) is 14.9 Å². The molecule has 0 unspecified atom stereocenters. The topological polar surface area (TPSA) is 111 Å². The van der Waals surface area contributed by atoms with Crippen LogP contribution in [0.25, 0.3) is 11.0 Å². The van der Waals surface area contributed by atoms with E-state index in [0.717, 1.165) is 12.8 Å². The highest BCUT2D eigenvalue weighted by atomic mass is 35.5. The maximum atomic E-state index is 13.3. The van der Waals surface area contributed by atoms with Gasteiger partial charge in [0, 0.05) is 36.3 Å². The van der Waals surface area contributed by atoms with Crippen LogP contribution < -0.4 is 15.2 Å². The number of aromatic nitrogens is 2. The first kappa shape index (κ1) is 22.3. The highest BCUT2D eigenvalue weighted by Gasteiger charge is 2.22. The van der Waals surface area contributed by atoms with Crippen molar-refractivity contribution >= 4 is 45.7 Å². The number of rotatable bonds is 7. The van der Waals surface area contributed by atoms with Crippen LogP contribution in [0.15, 0.2) is 41.2 Å². The zero-order valence-corrected chi connectivity index (χ0v) is 18.4. The Bertz CT molecular complexity index is 1230. The molecule has 1 saturated heterocycles. The number of anilines is 1. The number of hydrogen-bond acceptors (Lipinski definition) is 7. The predicted molar refractivity (Wildman–Crippen MR) is 122 cm³/mol. The molecule has 0 radical (unpaired) electrons. The summed E-state index contributed by atoms with van der Waals surface area (Å²) in [5.41, 5.74) is 0.118. The molecule has 3 aromatic rings. The van der Waals surface area contributed by atoms with E-state index >= 15 is 0 Å². The molecule has 0 aliphatic carbocycles. The summed E-state index contributed by atoms with van der Waals surface area (Å²) in [6.07, 6.45) is 0.811. The smallest absolute Gasteiger partial charge is 0.294 e. The number of aliphatic hydroxyl groups is 1. The number of nitro benzene ring substituents is 1. The minimum absolute atomic E-state index is 0.141. The maximum absolute atomic E-state index is 13.3. The number of hydrogen-bond donors (Lipinski definition) is 1. The van der Waals surface area contributed by atoms with Gasteiger partial charge in [-0.15, -0.1) is 0 Å². The molecular weight excluding hydrogens is 459 g/mol. The van der Waals surface area contributed by atoms with Gasteiger partial charge in [-0.25, -0.2) is 4.98 Å². The number of fused-ring (bicyclic) bond motifs is 1. The van der Waals surface area contributed by atoms with Gasteiger partial charge in [0.2, 0.25) is 0 Å². The van der Waals surface area contributed by atoms with Crippen LogP contribution >= 0.6 is 23.2 Å². The lowest BCUT2D eigenvalue weighted by atomic mass is 10.2. The fourth-order valence-electron chi connectivity index (χ4n) is 3.68. The molecule has 1 aliphatic heterocycles. The van der Waals surface area contributed by atoms with Crippen molar-refractivity contribution in [2.24, 2.45) is 0 Å². The second kappa shape index (κ2) is 9.32. The Labute approximate surface area is 192 Å². The van der Waals surface area contributed by atoms with E-state index in [1.54, 1.807) is 12.1 Å². The lowest BCUT2D eigenvalue weighted by Gasteiger charge is -2.20. The van der Waals surface area contributed by atoms with Gasteiger partial charge in [0.05, 0.1) is 27.5 Å². The Morgan fingerprint density at radius 3 is 2.66 bits per heavy atom. The van der Waals surface area contributed by atoms with E-state index in [2.05, 4.69) is 4.98 Å². The van der Waals surface area contributed by atoms with Crippen LogP contribution in [0.2, 0.25) is 10.0 Å². The molecule has 1 aliphatic rings. The van der Waals surface area contributed by atoms with Crippen molar-refractivity contribution in [1.82, 2.24) is 9.55 Å². The van der Waals surface area contributed by atoms with E-state index in [9.17, 15) is 20.0 Å². The van der Waals surface area contributed by atoms with Crippen molar-refractivity contribution in [2.75, 3.05) is 24.6 Å². The summed E-state index contributed by atoms with van der Waals surface area (Å²) in [5, 5.41) is 22.6. The summed E-state index contributed by atoms with van der Waals surface area (Å²) in [6, 6.07) is 8.87. The number of nitrogens with zero attached hydrogens (tertiary/aromatic N) is 4. The SMILES string of the molecule is O=c1c(N2CCCC2)nc2ccc([N+](=O)[O-])cc2n1C[C@H](O)COc1cc(Cl)ccc1Cl. The first-order valence-corrected chi connectivity index (χ1v) is 10.8. The first-order valence-electron chi connectivity index (χ1n) is 10.0. The summed E-state index contributed by atoms with van der Waals surface area (Å²) in [6.45, 7) is 1.11. The van der Waals surface area contributed by atoms with E-state index in [1.165, 1.54) is 28.8 Å². The molecule has 1 aromatic heterocycles. The van der Waals surface area contributed by atoms with Gasteiger partial charge in [0.1, 0.15) is 18.5 Å². The van der Waals surface area contributed by atoms with Crippen LogP contribution in [0.5, 0.6) is 5.75 Å². The summed E-state index contributed by atoms with van der Waals surface area (Å²) in [5.74, 6) is 0.577. The van der Waals surface area contributed by atoms with Crippen molar-refractivity contribution < 1.29 is 14.8 Å². The average Bonchev–Trinajstić information content (AvgIpc) is 3.30. The number of benzene rings is 2. The van der Waals surface area contributed by atoms with Gasteiger partial charge < -0.3 is 19.3 Å². The molecule has 0 amide bonds. The molecule has 0 spiro atoms. The fraction of sp³-hybridized carbons (Fsp3) is 0.333. The fourth-order valence-corrected chi connectivity index (χ4v) is 4.02. The molecule has 1 fully saturated rings. The van der Waals surface area contributed by atoms with Crippen LogP contribution in [0, 0.1) is 10.1 Å². The summed E-state index contributed by atoms with van der Waals surface area (Å²) < 4.78 is 6.90. The Morgan fingerprint density at radius 2 is 1.94 bits per heavy atom. The van der Waals surface area contributed by atoms with Gasteiger partial charge in [-0.1, -0.05) is 23.2 Å². The molecule has 1 N–H and O–H groups in total. The van der Waals surface area contributed by atoms with Crippen molar-refractivity contribution in [1.29, 1.82) is 0 Å². The number of nitro groups is 1. The van der Waals surface area contributed by atoms with E-state index in [-0.39, 0.29) is 30.2 Å². The number of halogens is 2. The molecule has 9 nitrogen and oxygen atoms in total. The van der Waals surface area contributed by atoms with Gasteiger partial charge >= 0.3 is 0 Å². The van der Waals surface area contributed by atoms with Crippen molar-refractivity contribution in [3.8, 4) is 5.75 Å². The zero-order valence-electron chi connectivity index (χ0n) is 16.9. The Hall–Kier alpha value is -2.88. The van der Waals surface area contributed by atoms with Crippen molar-refractivity contribution in [2.45, 2.75) is 25.5 Å². The molecular formula is C21H20Cl2N4O5. The van der Waals surface area contributed by atoms with Gasteiger partial charge in [-0.2, -0.15) is 0 Å². The molecule has 0 saturated carbocycles. The van der Waals surface area contributed by atoms with Crippen LogP contribution in [-0.4, -0.2) is 45.4 Å². The normalized spacial score (nSPS) is 14.7. The van der Waals surface area contributed by atoms with E-state index in [4.69, 9.17) is 27.9 Å². The lowest BCUT2D eigenvalue weighted by Crippen LogP contribution is -2.35. The van der Waals surface area contributed by atoms with E-state index < -0.39 is 16.6 Å². The Kier molecular flexibility index (Phi) is 6.50. The number of ether oxygens (including phenoxy) is 1. The zero-order chi connectivity index (χ0) is 22.8. The second-order valence-corrected chi connectivity index (χ2v) is 8.36. The third-order valence-electron chi connectivity index (χ3n) is 5.25. The van der Waals surface area contributed by atoms with Crippen LogP contribution in [-0.2, 0) is 6.54 Å². The largest absolute Gasteiger partial charge is 0.489 e. The molecule has 168 valence electrons. The molecule has 2 aromatic carbocycles. The molecule has 0 bridgehead atoms. The van der Waals surface area contributed by atoms with E-state index in [0.29, 0.717) is 34.4 Å². The second-order valence-electron chi connectivity index (χ2n) is 7.52.